The van der Waals surface area contributed by atoms with Crippen LogP contribution in [0.1, 0.15) is 28.7 Å². The average molecular weight is 295 g/mol. The topological polar surface area (TPSA) is 66.6 Å². The van der Waals surface area contributed by atoms with Gasteiger partial charge in [0.1, 0.15) is 17.1 Å². The van der Waals surface area contributed by atoms with Gasteiger partial charge in [0.25, 0.3) is 5.91 Å². The summed E-state index contributed by atoms with van der Waals surface area (Å²) < 4.78 is 1.76. The quantitative estimate of drug-likeness (QED) is 0.729. The van der Waals surface area contributed by atoms with Gasteiger partial charge in [-0.15, -0.1) is 0 Å². The number of aromatic hydroxyl groups is 1. The van der Waals surface area contributed by atoms with Gasteiger partial charge < -0.3 is 10.4 Å². The van der Waals surface area contributed by atoms with E-state index in [4.69, 9.17) is 0 Å². The predicted molar refractivity (Wildman–Crippen MR) is 85.4 cm³/mol. The molecule has 0 spiro atoms. The van der Waals surface area contributed by atoms with Gasteiger partial charge in [-0.3, -0.25) is 9.20 Å². The Kier molecular flexibility index (Phi) is 3.55. The molecule has 2 N–H and O–H groups in total. The number of pyridine rings is 1. The molecule has 0 radical (unpaired) electrons. The number of fused-ring (bicyclic) bond motifs is 1. The van der Waals surface area contributed by atoms with Crippen LogP contribution < -0.4 is 5.32 Å². The van der Waals surface area contributed by atoms with E-state index in [9.17, 15) is 9.90 Å². The van der Waals surface area contributed by atoms with Crippen LogP contribution in [0.25, 0.3) is 5.65 Å². The van der Waals surface area contributed by atoms with E-state index in [0.29, 0.717) is 17.8 Å². The first-order valence-corrected chi connectivity index (χ1v) is 7.17. The fourth-order valence-electron chi connectivity index (χ4n) is 2.46. The van der Waals surface area contributed by atoms with Gasteiger partial charge in [0.05, 0.1) is 11.4 Å². The first-order chi connectivity index (χ1) is 10.6. The summed E-state index contributed by atoms with van der Waals surface area (Å²) in [7, 11) is 0. The molecule has 0 unspecified atom stereocenters. The number of imidazole rings is 1. The van der Waals surface area contributed by atoms with Crippen LogP contribution in [0, 0.1) is 6.92 Å². The molecule has 0 atom stereocenters. The van der Waals surface area contributed by atoms with Crippen molar-refractivity contribution in [2.45, 2.75) is 20.3 Å². The van der Waals surface area contributed by atoms with E-state index in [2.05, 4.69) is 10.3 Å². The molecular formula is C17H17N3O2. The number of amides is 1. The van der Waals surface area contributed by atoms with Crippen LogP contribution in [0.15, 0.2) is 42.6 Å². The van der Waals surface area contributed by atoms with Gasteiger partial charge in [-0.1, -0.05) is 19.1 Å². The summed E-state index contributed by atoms with van der Waals surface area (Å²) in [6.07, 6.45) is 2.47. The Morgan fingerprint density at radius 1 is 1.32 bits per heavy atom. The Bertz CT molecular complexity index is 852. The van der Waals surface area contributed by atoms with Gasteiger partial charge in [-0.05, 0) is 43.2 Å². The lowest BCUT2D eigenvalue weighted by atomic mass is 10.2. The van der Waals surface area contributed by atoms with Gasteiger partial charge in [-0.25, -0.2) is 4.98 Å². The van der Waals surface area contributed by atoms with Crippen LogP contribution in [0.3, 0.4) is 0 Å². The summed E-state index contributed by atoms with van der Waals surface area (Å²) in [6.45, 7) is 3.84. The molecule has 0 fully saturated rings. The zero-order valence-electron chi connectivity index (χ0n) is 12.5. The van der Waals surface area contributed by atoms with E-state index in [1.165, 1.54) is 0 Å². The molecule has 5 heteroatoms. The third-order valence-electron chi connectivity index (χ3n) is 3.55. The smallest absolute Gasteiger partial charge is 0.274 e. The fourth-order valence-corrected chi connectivity index (χ4v) is 2.46. The van der Waals surface area contributed by atoms with Crippen LogP contribution >= 0.6 is 0 Å². The van der Waals surface area contributed by atoms with Crippen molar-refractivity contribution in [3.05, 3.63) is 59.5 Å². The second-order valence-corrected chi connectivity index (χ2v) is 5.16. The second-order valence-electron chi connectivity index (χ2n) is 5.16. The summed E-state index contributed by atoms with van der Waals surface area (Å²) in [5.41, 5.74) is 3.29. The van der Waals surface area contributed by atoms with E-state index in [0.717, 1.165) is 16.9 Å². The molecule has 0 saturated heterocycles. The number of rotatable bonds is 3. The first-order valence-electron chi connectivity index (χ1n) is 7.17. The summed E-state index contributed by atoms with van der Waals surface area (Å²) in [5.74, 6) is -0.227. The van der Waals surface area contributed by atoms with Crippen molar-refractivity contribution in [2.75, 3.05) is 5.32 Å². The molecule has 0 bridgehead atoms. The zero-order chi connectivity index (χ0) is 15.7. The molecule has 5 nitrogen and oxygen atoms in total. The number of aryl methyl sites for hydroxylation is 2. The Morgan fingerprint density at radius 3 is 2.86 bits per heavy atom. The van der Waals surface area contributed by atoms with E-state index in [-0.39, 0.29) is 11.7 Å². The number of phenolic OH excluding ortho intramolecular Hbond substituents is 1. The molecule has 0 aliphatic heterocycles. The van der Waals surface area contributed by atoms with Crippen molar-refractivity contribution in [3.63, 3.8) is 0 Å². The Labute approximate surface area is 128 Å². The Morgan fingerprint density at radius 2 is 2.14 bits per heavy atom. The minimum atomic E-state index is -0.283. The molecule has 112 valence electrons. The van der Waals surface area contributed by atoms with E-state index in [1.807, 2.05) is 44.3 Å². The minimum Gasteiger partial charge on any atom is -0.506 e. The van der Waals surface area contributed by atoms with Crippen LogP contribution in [-0.4, -0.2) is 20.4 Å². The molecule has 0 aliphatic rings. The van der Waals surface area contributed by atoms with Crippen molar-refractivity contribution >= 4 is 17.2 Å². The third-order valence-corrected chi connectivity index (χ3v) is 3.55. The highest BCUT2D eigenvalue weighted by atomic mass is 16.3. The third kappa shape index (κ3) is 2.41. The van der Waals surface area contributed by atoms with Crippen molar-refractivity contribution in [2.24, 2.45) is 0 Å². The number of anilines is 1. The molecule has 2 heterocycles. The largest absolute Gasteiger partial charge is 0.506 e. The lowest BCUT2D eigenvalue weighted by Gasteiger charge is -2.09. The Hall–Kier alpha value is -2.82. The zero-order valence-corrected chi connectivity index (χ0v) is 12.5. The van der Waals surface area contributed by atoms with E-state index < -0.39 is 0 Å². The lowest BCUT2D eigenvalue weighted by molar-refractivity contribution is 0.102. The summed E-state index contributed by atoms with van der Waals surface area (Å²) in [5, 5.41) is 12.7. The number of nitrogens with one attached hydrogen (secondary N) is 1. The normalized spacial score (nSPS) is 10.8. The number of nitrogens with zero attached hydrogens (tertiary/aromatic N) is 2. The SMILES string of the molecule is CCc1nc2ccccn2c1C(=O)Nc1ccc(C)cc1O. The van der Waals surface area contributed by atoms with Gasteiger partial charge in [0.2, 0.25) is 0 Å². The van der Waals surface area contributed by atoms with Gasteiger partial charge >= 0.3 is 0 Å². The van der Waals surface area contributed by atoms with Crippen molar-refractivity contribution in [3.8, 4) is 5.75 Å². The molecule has 3 aromatic rings. The van der Waals surface area contributed by atoms with Gasteiger partial charge in [0, 0.05) is 6.20 Å². The van der Waals surface area contributed by atoms with Crippen LogP contribution in [-0.2, 0) is 6.42 Å². The fraction of sp³-hybridized carbons (Fsp3) is 0.176. The van der Waals surface area contributed by atoms with E-state index >= 15 is 0 Å². The second kappa shape index (κ2) is 5.52. The van der Waals surface area contributed by atoms with Gasteiger partial charge in [-0.2, -0.15) is 0 Å². The number of carbonyl (C=O) groups is 1. The van der Waals surface area contributed by atoms with Crippen LogP contribution in [0.5, 0.6) is 5.75 Å². The lowest BCUT2D eigenvalue weighted by Crippen LogP contribution is -2.16. The van der Waals surface area contributed by atoms with E-state index in [1.54, 1.807) is 16.5 Å². The molecule has 2 aromatic heterocycles. The highest BCUT2D eigenvalue weighted by molar-refractivity contribution is 6.05. The Balaban J connectivity index is 2.01. The molecule has 22 heavy (non-hydrogen) atoms. The molecule has 0 aliphatic carbocycles. The monoisotopic (exact) mass is 295 g/mol. The predicted octanol–water partition coefficient (Wildman–Crippen LogP) is 3.16. The number of hydrogen-bond donors (Lipinski definition) is 2. The molecule has 1 aromatic carbocycles. The summed E-state index contributed by atoms with van der Waals surface area (Å²) in [6, 6.07) is 10.7. The number of aromatic nitrogens is 2. The van der Waals surface area contributed by atoms with Crippen LogP contribution in [0.4, 0.5) is 5.69 Å². The number of carbonyl (C=O) groups excluding carboxylic acids is 1. The molecule has 3 rings (SSSR count). The van der Waals surface area contributed by atoms with Crippen molar-refractivity contribution in [1.29, 1.82) is 0 Å². The number of hydrogen-bond acceptors (Lipinski definition) is 3. The maximum Gasteiger partial charge on any atom is 0.274 e. The molecular weight excluding hydrogens is 278 g/mol. The van der Waals surface area contributed by atoms with Crippen molar-refractivity contribution in [1.82, 2.24) is 9.38 Å². The number of phenols is 1. The van der Waals surface area contributed by atoms with Crippen LogP contribution in [0.2, 0.25) is 0 Å². The summed E-state index contributed by atoms with van der Waals surface area (Å²) >= 11 is 0. The molecule has 0 saturated carbocycles. The standard InChI is InChI=1S/C17H17N3O2/c1-3-12-16(20-9-5-4-6-15(20)18-12)17(22)19-13-8-7-11(2)10-14(13)21/h4-10,21H,3H2,1-2H3,(H,19,22). The maximum atomic E-state index is 12.6. The average Bonchev–Trinajstić information content (AvgIpc) is 2.88. The first kappa shape index (κ1) is 14.1. The van der Waals surface area contributed by atoms with Crippen molar-refractivity contribution < 1.29 is 9.90 Å². The van der Waals surface area contributed by atoms with Gasteiger partial charge in [0.15, 0.2) is 0 Å². The number of benzene rings is 1. The minimum absolute atomic E-state index is 0.0558. The molecule has 1 amide bonds. The summed E-state index contributed by atoms with van der Waals surface area (Å²) in [4.78, 5) is 17.1. The maximum absolute atomic E-state index is 12.6. The highest BCUT2D eigenvalue weighted by Gasteiger charge is 2.18. The highest BCUT2D eigenvalue weighted by Crippen LogP contribution is 2.25.